The van der Waals surface area contributed by atoms with Gasteiger partial charge in [-0.2, -0.15) is 0 Å². The van der Waals surface area contributed by atoms with Crippen molar-refractivity contribution >= 4 is 0 Å². The van der Waals surface area contributed by atoms with Gasteiger partial charge in [-0.3, -0.25) is 0 Å². The van der Waals surface area contributed by atoms with E-state index in [0.29, 0.717) is 31.0 Å². The molecule has 0 aliphatic carbocycles. The fraction of sp³-hybridized carbons (Fsp3) is 0.733. The lowest BCUT2D eigenvalue weighted by molar-refractivity contribution is -0.258. The second-order valence-electron chi connectivity index (χ2n) is 10.8. The van der Waals surface area contributed by atoms with Crippen LogP contribution in [0.5, 0.6) is 5.75 Å². The highest BCUT2D eigenvalue weighted by Crippen LogP contribution is 2.37. The van der Waals surface area contributed by atoms with Crippen LogP contribution in [0.15, 0.2) is 35.9 Å². The van der Waals surface area contributed by atoms with Gasteiger partial charge in [0.2, 0.25) is 0 Å². The summed E-state index contributed by atoms with van der Waals surface area (Å²) in [5.41, 5.74) is 2.36. The van der Waals surface area contributed by atoms with Crippen LogP contribution in [0.2, 0.25) is 0 Å². The maximum Gasteiger partial charge on any atom is 0.184 e. The van der Waals surface area contributed by atoms with Gasteiger partial charge in [0.25, 0.3) is 0 Å². The molecule has 1 saturated heterocycles. The van der Waals surface area contributed by atoms with Crippen molar-refractivity contribution in [3.05, 3.63) is 41.5 Å². The lowest BCUT2D eigenvalue weighted by Crippen LogP contribution is -2.45. The van der Waals surface area contributed by atoms with Gasteiger partial charge >= 0.3 is 0 Å². The van der Waals surface area contributed by atoms with E-state index in [9.17, 15) is 0 Å². The van der Waals surface area contributed by atoms with Crippen molar-refractivity contribution in [2.45, 2.75) is 72.6 Å². The molecule has 1 fully saturated rings. The standard InChI is InChI=1S/C30H50O6/c1-19(15-20(2)27(33-9)22(4)17-31-7)16-21(3)28(34-10)24(6)29-23(5)18-35-30(36-29)25-11-13-26(32-8)14-12-25/h11-15,20-24,27-30H,16-18H2,1-10H3/b19-15-/t20?,21?,22?,23-,24?,27?,28?,29?,30?/m0/s1. The highest BCUT2D eigenvalue weighted by molar-refractivity contribution is 5.28. The van der Waals surface area contributed by atoms with Crippen LogP contribution in [0.3, 0.4) is 0 Å². The van der Waals surface area contributed by atoms with Crippen LogP contribution < -0.4 is 4.74 Å². The molecule has 0 amide bonds. The first-order valence-electron chi connectivity index (χ1n) is 13.3. The van der Waals surface area contributed by atoms with E-state index in [0.717, 1.165) is 17.7 Å². The van der Waals surface area contributed by atoms with Crippen LogP contribution in [0, 0.1) is 29.6 Å². The van der Waals surface area contributed by atoms with E-state index >= 15 is 0 Å². The highest BCUT2D eigenvalue weighted by atomic mass is 16.7. The largest absolute Gasteiger partial charge is 0.497 e. The number of ether oxygens (including phenoxy) is 6. The van der Waals surface area contributed by atoms with Gasteiger partial charge in [0.15, 0.2) is 6.29 Å². The molecule has 1 aromatic carbocycles. The van der Waals surface area contributed by atoms with E-state index in [2.05, 4.69) is 47.6 Å². The third-order valence-corrected chi connectivity index (χ3v) is 7.58. The third-order valence-electron chi connectivity index (χ3n) is 7.58. The predicted octanol–water partition coefficient (Wildman–Crippen LogP) is 6.30. The molecule has 1 heterocycles. The predicted molar refractivity (Wildman–Crippen MR) is 144 cm³/mol. The molecule has 206 valence electrons. The summed E-state index contributed by atoms with van der Waals surface area (Å²) in [6, 6.07) is 7.90. The molecule has 0 spiro atoms. The normalized spacial score (nSPS) is 26.1. The summed E-state index contributed by atoms with van der Waals surface area (Å²) in [7, 11) is 7.02. The molecule has 0 saturated carbocycles. The summed E-state index contributed by atoms with van der Waals surface area (Å²) in [4.78, 5) is 0. The van der Waals surface area contributed by atoms with Gasteiger partial charge in [0.1, 0.15) is 5.75 Å². The highest BCUT2D eigenvalue weighted by Gasteiger charge is 2.39. The molecule has 0 aromatic heterocycles. The Morgan fingerprint density at radius 2 is 1.61 bits per heavy atom. The fourth-order valence-electron chi connectivity index (χ4n) is 5.94. The van der Waals surface area contributed by atoms with Crippen molar-refractivity contribution in [3.63, 3.8) is 0 Å². The van der Waals surface area contributed by atoms with E-state index in [4.69, 9.17) is 28.4 Å². The second-order valence-corrected chi connectivity index (χ2v) is 10.8. The summed E-state index contributed by atoms with van der Waals surface area (Å²) in [6.07, 6.45) is 3.16. The van der Waals surface area contributed by atoms with Crippen molar-refractivity contribution in [1.82, 2.24) is 0 Å². The molecule has 1 aromatic rings. The zero-order valence-electron chi connectivity index (χ0n) is 24.2. The monoisotopic (exact) mass is 506 g/mol. The van der Waals surface area contributed by atoms with Gasteiger partial charge < -0.3 is 28.4 Å². The quantitative estimate of drug-likeness (QED) is 0.276. The van der Waals surface area contributed by atoms with Crippen molar-refractivity contribution in [2.75, 3.05) is 41.7 Å². The zero-order chi connectivity index (χ0) is 26.8. The minimum atomic E-state index is -0.380. The van der Waals surface area contributed by atoms with Crippen molar-refractivity contribution in [2.24, 2.45) is 29.6 Å². The molecule has 2 rings (SSSR count). The number of hydrogen-bond acceptors (Lipinski definition) is 6. The average molecular weight is 507 g/mol. The summed E-state index contributed by atoms with van der Waals surface area (Å²) >= 11 is 0. The number of hydrogen-bond donors (Lipinski definition) is 0. The molecular weight excluding hydrogens is 456 g/mol. The fourth-order valence-corrected chi connectivity index (χ4v) is 5.94. The Labute approximate surface area is 219 Å². The molecule has 1 aliphatic rings. The van der Waals surface area contributed by atoms with Gasteiger partial charge in [0.05, 0.1) is 38.6 Å². The number of rotatable bonds is 14. The first-order valence-corrected chi connectivity index (χ1v) is 13.3. The van der Waals surface area contributed by atoms with E-state index in [1.165, 1.54) is 5.57 Å². The Morgan fingerprint density at radius 1 is 0.972 bits per heavy atom. The lowest BCUT2D eigenvalue weighted by Gasteiger charge is -2.42. The van der Waals surface area contributed by atoms with E-state index in [-0.39, 0.29) is 36.4 Å². The van der Waals surface area contributed by atoms with Crippen molar-refractivity contribution in [1.29, 1.82) is 0 Å². The molecule has 1 aliphatic heterocycles. The Hall–Kier alpha value is -1.44. The first kappa shape index (κ1) is 30.8. The molecule has 6 nitrogen and oxygen atoms in total. The first-order chi connectivity index (χ1) is 17.2. The van der Waals surface area contributed by atoms with Crippen LogP contribution in [-0.2, 0) is 23.7 Å². The van der Waals surface area contributed by atoms with Crippen LogP contribution in [0.1, 0.15) is 59.8 Å². The lowest BCUT2D eigenvalue weighted by atomic mass is 9.81. The Morgan fingerprint density at radius 3 is 2.17 bits per heavy atom. The topological polar surface area (TPSA) is 55.4 Å². The van der Waals surface area contributed by atoms with E-state index in [1.54, 1.807) is 21.3 Å². The number of benzene rings is 1. The Kier molecular flexibility index (Phi) is 12.9. The van der Waals surface area contributed by atoms with Gasteiger partial charge in [-0.05, 0) is 31.4 Å². The molecule has 36 heavy (non-hydrogen) atoms. The molecule has 0 N–H and O–H groups in total. The molecule has 6 heteroatoms. The minimum absolute atomic E-state index is 0.0363. The van der Waals surface area contributed by atoms with E-state index in [1.807, 2.05) is 31.4 Å². The number of methoxy groups -OCH3 is 4. The SMILES string of the molecule is COCC(C)C(OC)C(C)/C=C(/C)CC(C)C(OC)C(C)C1OC(c2ccc(OC)cc2)OC[C@@H]1C. The van der Waals surface area contributed by atoms with Gasteiger partial charge in [0, 0.05) is 50.6 Å². The smallest absolute Gasteiger partial charge is 0.184 e. The van der Waals surface area contributed by atoms with Crippen LogP contribution in [0.25, 0.3) is 0 Å². The molecule has 8 unspecified atom stereocenters. The van der Waals surface area contributed by atoms with Gasteiger partial charge in [-0.15, -0.1) is 0 Å². The minimum Gasteiger partial charge on any atom is -0.497 e. The summed E-state index contributed by atoms with van der Waals surface area (Å²) in [5.74, 6) is 2.28. The molecule has 0 radical (unpaired) electrons. The molecular formula is C30H50O6. The van der Waals surface area contributed by atoms with Crippen LogP contribution >= 0.6 is 0 Å². The Bertz CT molecular complexity index is 778. The maximum atomic E-state index is 6.53. The Balaban J connectivity index is 2.06. The molecule has 9 atom stereocenters. The van der Waals surface area contributed by atoms with Crippen molar-refractivity contribution in [3.8, 4) is 5.75 Å². The van der Waals surface area contributed by atoms with Gasteiger partial charge in [-0.1, -0.05) is 58.4 Å². The average Bonchev–Trinajstić information content (AvgIpc) is 2.85. The maximum absolute atomic E-state index is 6.53. The summed E-state index contributed by atoms with van der Waals surface area (Å²) in [5, 5.41) is 0. The number of allylic oxidation sites excluding steroid dienone is 1. The van der Waals surface area contributed by atoms with E-state index < -0.39 is 0 Å². The summed E-state index contributed by atoms with van der Waals surface area (Å²) in [6.45, 7) is 14.7. The second kappa shape index (κ2) is 15.1. The third kappa shape index (κ3) is 8.29. The van der Waals surface area contributed by atoms with Crippen LogP contribution in [0.4, 0.5) is 0 Å². The van der Waals surface area contributed by atoms with Crippen LogP contribution in [-0.4, -0.2) is 60.0 Å². The van der Waals surface area contributed by atoms with Gasteiger partial charge in [-0.25, -0.2) is 0 Å². The zero-order valence-corrected chi connectivity index (χ0v) is 24.2. The summed E-state index contributed by atoms with van der Waals surface area (Å²) < 4.78 is 35.1. The van der Waals surface area contributed by atoms with Crippen molar-refractivity contribution < 1.29 is 28.4 Å². The molecule has 0 bridgehead atoms.